The average molecular weight is 413 g/mol. The number of hydrogen-bond acceptors (Lipinski definition) is 5. The molecule has 0 fully saturated rings. The number of nitrogens with zero attached hydrogens (tertiary/aromatic N) is 3. The molecule has 2 N–H and O–H groups in total. The molecule has 0 radical (unpaired) electrons. The number of carbonyl (C=O) groups is 2. The molecule has 8 nitrogen and oxygen atoms in total. The van der Waals surface area contributed by atoms with Gasteiger partial charge in [0.05, 0.1) is 12.5 Å². The lowest BCUT2D eigenvalue weighted by Crippen LogP contribution is -2.29. The summed E-state index contributed by atoms with van der Waals surface area (Å²) in [5, 5.41) is 11.8. The molecule has 1 aromatic heterocycles. The number of ether oxygens (including phenoxy) is 1. The highest BCUT2D eigenvalue weighted by Crippen LogP contribution is 2.29. The van der Waals surface area contributed by atoms with Crippen LogP contribution in [0, 0.1) is 0 Å². The summed E-state index contributed by atoms with van der Waals surface area (Å²) < 4.78 is 7.24. The molecule has 8 heteroatoms. The second-order valence-corrected chi connectivity index (χ2v) is 7.23. The minimum absolute atomic E-state index is 0.116. The van der Waals surface area contributed by atoms with Crippen molar-refractivity contribution in [3.63, 3.8) is 0 Å². The van der Waals surface area contributed by atoms with Gasteiger partial charge in [-0.3, -0.25) is 20.2 Å². The van der Waals surface area contributed by atoms with Gasteiger partial charge >= 0.3 is 0 Å². The molecule has 1 atom stereocenters. The molecule has 0 saturated heterocycles. The summed E-state index contributed by atoms with van der Waals surface area (Å²) in [4.78, 5) is 28.7. The SMILES string of the molecule is O=C(COc1ccc2ccccc2c1)Nc1nc2n(n1)[C@H](c1ccccc1)CC(=O)N2. The van der Waals surface area contributed by atoms with E-state index in [4.69, 9.17) is 4.74 Å². The first kappa shape index (κ1) is 18.8. The molecule has 0 bridgehead atoms. The van der Waals surface area contributed by atoms with Crippen molar-refractivity contribution in [1.82, 2.24) is 14.8 Å². The first-order valence-corrected chi connectivity index (χ1v) is 9.88. The van der Waals surface area contributed by atoms with Gasteiger partial charge in [0.2, 0.25) is 11.9 Å². The molecule has 0 spiro atoms. The molecule has 4 aromatic rings. The van der Waals surface area contributed by atoms with Crippen molar-refractivity contribution in [2.24, 2.45) is 0 Å². The summed E-state index contributed by atoms with van der Waals surface area (Å²) >= 11 is 0. The van der Waals surface area contributed by atoms with E-state index in [2.05, 4.69) is 20.7 Å². The third kappa shape index (κ3) is 3.95. The summed E-state index contributed by atoms with van der Waals surface area (Å²) in [5.74, 6) is 0.480. The number of benzene rings is 3. The van der Waals surface area contributed by atoms with Crippen LogP contribution >= 0.6 is 0 Å². The van der Waals surface area contributed by atoms with E-state index < -0.39 is 5.91 Å². The van der Waals surface area contributed by atoms with Crippen LogP contribution in [0.25, 0.3) is 10.8 Å². The van der Waals surface area contributed by atoms with E-state index in [1.165, 1.54) is 0 Å². The standard InChI is InChI=1S/C23H19N5O3/c29-20-13-19(16-7-2-1-3-8-16)28-23(25-20)26-22(27-28)24-21(30)14-31-18-11-10-15-6-4-5-9-17(15)12-18/h1-12,19H,13-14H2,(H2,24,25,26,27,29,30)/t19-/m0/s1. The van der Waals surface area contributed by atoms with Crippen molar-refractivity contribution in [2.45, 2.75) is 12.5 Å². The Balaban J connectivity index is 1.28. The van der Waals surface area contributed by atoms with E-state index in [0.29, 0.717) is 11.7 Å². The van der Waals surface area contributed by atoms with Crippen molar-refractivity contribution in [2.75, 3.05) is 17.2 Å². The Morgan fingerprint density at radius 3 is 2.68 bits per heavy atom. The Morgan fingerprint density at radius 1 is 1.06 bits per heavy atom. The predicted octanol–water partition coefficient (Wildman–Crippen LogP) is 3.38. The van der Waals surface area contributed by atoms with Gasteiger partial charge < -0.3 is 4.74 Å². The molecule has 5 rings (SSSR count). The molecule has 1 aliphatic rings. The van der Waals surface area contributed by atoms with Gasteiger partial charge in [-0.2, -0.15) is 4.98 Å². The Morgan fingerprint density at radius 2 is 1.84 bits per heavy atom. The third-order valence-electron chi connectivity index (χ3n) is 5.08. The molecule has 2 amide bonds. The van der Waals surface area contributed by atoms with Crippen LogP contribution in [-0.4, -0.2) is 33.2 Å². The summed E-state index contributed by atoms with van der Waals surface area (Å²) in [6.07, 6.45) is 0.249. The number of anilines is 2. The maximum absolute atomic E-state index is 12.4. The Kier molecular flexibility index (Phi) is 4.80. The van der Waals surface area contributed by atoms with Crippen LogP contribution < -0.4 is 15.4 Å². The molecule has 3 aromatic carbocycles. The number of rotatable bonds is 5. The quantitative estimate of drug-likeness (QED) is 0.523. The number of fused-ring (bicyclic) bond motifs is 2. The van der Waals surface area contributed by atoms with Gasteiger partial charge in [-0.25, -0.2) is 4.68 Å². The zero-order chi connectivity index (χ0) is 21.2. The molecular weight excluding hydrogens is 394 g/mol. The maximum Gasteiger partial charge on any atom is 0.264 e. The fourth-order valence-electron chi connectivity index (χ4n) is 3.62. The highest BCUT2D eigenvalue weighted by Gasteiger charge is 2.29. The summed E-state index contributed by atoms with van der Waals surface area (Å²) in [6.45, 7) is -0.184. The second-order valence-electron chi connectivity index (χ2n) is 7.23. The van der Waals surface area contributed by atoms with Crippen LogP contribution in [0.5, 0.6) is 5.75 Å². The number of amides is 2. The molecule has 2 heterocycles. The molecule has 0 aliphatic carbocycles. The van der Waals surface area contributed by atoms with Crippen molar-refractivity contribution >= 4 is 34.5 Å². The highest BCUT2D eigenvalue weighted by molar-refractivity contribution is 5.93. The Bertz CT molecular complexity index is 1270. The van der Waals surface area contributed by atoms with E-state index >= 15 is 0 Å². The number of carbonyl (C=O) groups excluding carboxylic acids is 2. The van der Waals surface area contributed by atoms with Crippen molar-refractivity contribution < 1.29 is 14.3 Å². The van der Waals surface area contributed by atoms with E-state index in [-0.39, 0.29) is 30.9 Å². The summed E-state index contributed by atoms with van der Waals surface area (Å²) in [7, 11) is 0. The second kappa shape index (κ2) is 7.91. The highest BCUT2D eigenvalue weighted by atomic mass is 16.5. The summed E-state index contributed by atoms with van der Waals surface area (Å²) in [6, 6.07) is 22.9. The van der Waals surface area contributed by atoms with Gasteiger partial charge in [-0.1, -0.05) is 60.7 Å². The lowest BCUT2D eigenvalue weighted by atomic mass is 10.0. The molecular formula is C23H19N5O3. The monoisotopic (exact) mass is 413 g/mol. The average Bonchev–Trinajstić information content (AvgIpc) is 3.19. The number of hydrogen-bond donors (Lipinski definition) is 2. The first-order valence-electron chi connectivity index (χ1n) is 9.88. The Labute approximate surface area is 177 Å². The minimum atomic E-state index is -0.390. The minimum Gasteiger partial charge on any atom is -0.484 e. The van der Waals surface area contributed by atoms with Crippen LogP contribution in [0.1, 0.15) is 18.0 Å². The largest absolute Gasteiger partial charge is 0.484 e. The van der Waals surface area contributed by atoms with Gasteiger partial charge in [0.25, 0.3) is 11.9 Å². The van der Waals surface area contributed by atoms with Gasteiger partial charge in [0, 0.05) is 0 Å². The predicted molar refractivity (Wildman–Crippen MR) is 116 cm³/mol. The zero-order valence-corrected chi connectivity index (χ0v) is 16.5. The lowest BCUT2D eigenvalue weighted by molar-refractivity contribution is -0.118. The van der Waals surface area contributed by atoms with Crippen molar-refractivity contribution in [3.05, 3.63) is 78.4 Å². The maximum atomic E-state index is 12.4. The van der Waals surface area contributed by atoms with Crippen LogP contribution in [-0.2, 0) is 9.59 Å². The number of aromatic nitrogens is 3. The third-order valence-corrected chi connectivity index (χ3v) is 5.08. The van der Waals surface area contributed by atoms with Crippen molar-refractivity contribution in [1.29, 1.82) is 0 Å². The fraction of sp³-hybridized carbons (Fsp3) is 0.130. The fourth-order valence-corrected chi connectivity index (χ4v) is 3.62. The van der Waals surface area contributed by atoms with Crippen LogP contribution in [0.4, 0.5) is 11.9 Å². The molecule has 31 heavy (non-hydrogen) atoms. The van der Waals surface area contributed by atoms with Gasteiger partial charge in [-0.05, 0) is 28.5 Å². The van der Waals surface area contributed by atoms with E-state index in [0.717, 1.165) is 16.3 Å². The summed E-state index contributed by atoms with van der Waals surface area (Å²) in [5.41, 5.74) is 0.945. The van der Waals surface area contributed by atoms with Crippen LogP contribution in [0.15, 0.2) is 72.8 Å². The zero-order valence-electron chi connectivity index (χ0n) is 16.5. The Hall–Kier alpha value is -4.20. The van der Waals surface area contributed by atoms with E-state index in [1.807, 2.05) is 72.8 Å². The van der Waals surface area contributed by atoms with Gasteiger partial charge in [-0.15, -0.1) is 5.10 Å². The molecule has 0 saturated carbocycles. The molecule has 1 aliphatic heterocycles. The van der Waals surface area contributed by atoms with Gasteiger partial charge in [0.1, 0.15) is 5.75 Å². The van der Waals surface area contributed by atoms with E-state index in [1.54, 1.807) is 4.68 Å². The van der Waals surface area contributed by atoms with Crippen LogP contribution in [0.3, 0.4) is 0 Å². The normalized spacial score (nSPS) is 15.2. The van der Waals surface area contributed by atoms with Crippen LogP contribution in [0.2, 0.25) is 0 Å². The first-order chi connectivity index (χ1) is 15.2. The van der Waals surface area contributed by atoms with Gasteiger partial charge in [0.15, 0.2) is 6.61 Å². The van der Waals surface area contributed by atoms with Crippen molar-refractivity contribution in [3.8, 4) is 5.75 Å². The smallest absolute Gasteiger partial charge is 0.264 e. The van der Waals surface area contributed by atoms with E-state index in [9.17, 15) is 9.59 Å². The lowest BCUT2D eigenvalue weighted by Gasteiger charge is -2.23. The molecule has 154 valence electrons. The topological polar surface area (TPSA) is 98.1 Å². The molecule has 0 unspecified atom stereocenters. The number of nitrogens with one attached hydrogen (secondary N) is 2.